The van der Waals surface area contributed by atoms with E-state index in [0.717, 1.165) is 25.3 Å². The van der Waals surface area contributed by atoms with Crippen molar-refractivity contribution >= 4 is 5.97 Å². The van der Waals surface area contributed by atoms with E-state index in [-0.39, 0.29) is 5.56 Å². The molecule has 17 heavy (non-hydrogen) atoms. The number of hydrogen-bond acceptors (Lipinski definition) is 4. The predicted molar refractivity (Wildman–Crippen MR) is 66.1 cm³/mol. The van der Waals surface area contributed by atoms with Crippen LogP contribution in [0.1, 0.15) is 23.0 Å². The number of nitrogens with zero attached hydrogens (tertiary/aromatic N) is 2. The molecule has 0 saturated carbocycles. The summed E-state index contributed by atoms with van der Waals surface area (Å²) in [5, 5.41) is 12.0. The molecule has 1 rings (SSSR count). The maximum Gasteiger partial charge on any atom is 0.337 e. The fourth-order valence-electron chi connectivity index (χ4n) is 1.30. The molecule has 2 N–H and O–H groups in total. The van der Waals surface area contributed by atoms with E-state index in [1.54, 1.807) is 12.1 Å². The molecule has 1 aromatic heterocycles. The maximum atomic E-state index is 10.6. The third-order valence-electron chi connectivity index (χ3n) is 2.59. The fourth-order valence-corrected chi connectivity index (χ4v) is 1.30. The molecule has 0 fully saturated rings. The summed E-state index contributed by atoms with van der Waals surface area (Å²) < 4.78 is 0. The lowest BCUT2D eigenvalue weighted by molar-refractivity contribution is 0.0696. The second kappa shape index (κ2) is 6.98. The van der Waals surface area contributed by atoms with E-state index in [4.69, 9.17) is 5.11 Å². The Bertz CT molecular complexity index is 351. The molecule has 0 bridgehead atoms. The number of carbonyl (C=O) groups is 1. The van der Waals surface area contributed by atoms with Gasteiger partial charge in [0.05, 0.1) is 11.3 Å². The normalized spacial score (nSPS) is 10.8. The van der Waals surface area contributed by atoms with E-state index in [1.165, 1.54) is 6.20 Å². The minimum Gasteiger partial charge on any atom is -0.478 e. The molecule has 5 nitrogen and oxygen atoms in total. The van der Waals surface area contributed by atoms with Crippen molar-refractivity contribution in [3.8, 4) is 0 Å². The Balaban J connectivity index is 2.30. The Labute approximate surface area is 101 Å². The Morgan fingerprint density at radius 2 is 2.29 bits per heavy atom. The smallest absolute Gasteiger partial charge is 0.337 e. The zero-order valence-corrected chi connectivity index (χ0v) is 10.3. The molecule has 1 aromatic rings. The topological polar surface area (TPSA) is 65.5 Å². The van der Waals surface area contributed by atoms with Gasteiger partial charge in [-0.1, -0.05) is 6.92 Å². The second-order valence-electron chi connectivity index (χ2n) is 3.92. The Morgan fingerprint density at radius 3 is 2.82 bits per heavy atom. The number of likely N-dealkylation sites (N-methyl/N-ethyl adjacent to an activating group) is 1. The van der Waals surface area contributed by atoms with Gasteiger partial charge in [0.15, 0.2) is 0 Å². The molecule has 1 heterocycles. The van der Waals surface area contributed by atoms with Gasteiger partial charge in [-0.15, -0.1) is 0 Å². The van der Waals surface area contributed by atoms with Crippen molar-refractivity contribution in [3.05, 3.63) is 29.6 Å². The van der Waals surface area contributed by atoms with Crippen LogP contribution in [-0.2, 0) is 6.54 Å². The van der Waals surface area contributed by atoms with Gasteiger partial charge >= 0.3 is 5.97 Å². The van der Waals surface area contributed by atoms with Crippen LogP contribution < -0.4 is 5.32 Å². The lowest BCUT2D eigenvalue weighted by Crippen LogP contribution is -2.28. The highest BCUT2D eigenvalue weighted by Crippen LogP contribution is 1.99. The summed E-state index contributed by atoms with van der Waals surface area (Å²) in [6.07, 6.45) is 1.39. The lowest BCUT2D eigenvalue weighted by Gasteiger charge is -2.13. The van der Waals surface area contributed by atoms with Crippen LogP contribution in [-0.4, -0.2) is 47.6 Å². The third-order valence-corrected chi connectivity index (χ3v) is 2.59. The van der Waals surface area contributed by atoms with Crippen molar-refractivity contribution in [3.63, 3.8) is 0 Å². The molecular weight excluding hydrogens is 218 g/mol. The molecule has 94 valence electrons. The van der Waals surface area contributed by atoms with Gasteiger partial charge in [-0.05, 0) is 25.7 Å². The molecular formula is C12H19N3O2. The summed E-state index contributed by atoms with van der Waals surface area (Å²) in [7, 11) is 2.07. The van der Waals surface area contributed by atoms with Crippen molar-refractivity contribution in [1.29, 1.82) is 0 Å². The largest absolute Gasteiger partial charge is 0.478 e. The van der Waals surface area contributed by atoms with Gasteiger partial charge in [-0.3, -0.25) is 4.98 Å². The van der Waals surface area contributed by atoms with E-state index in [2.05, 4.69) is 29.2 Å². The molecule has 0 atom stereocenters. The molecule has 5 heteroatoms. The van der Waals surface area contributed by atoms with E-state index >= 15 is 0 Å². The first kappa shape index (κ1) is 13.6. The van der Waals surface area contributed by atoms with Gasteiger partial charge in [0.2, 0.25) is 0 Å². The summed E-state index contributed by atoms with van der Waals surface area (Å²) in [6, 6.07) is 3.31. The molecule has 0 aliphatic carbocycles. The van der Waals surface area contributed by atoms with Crippen LogP contribution in [0.15, 0.2) is 18.3 Å². The van der Waals surface area contributed by atoms with Crippen LogP contribution in [0.3, 0.4) is 0 Å². The minimum absolute atomic E-state index is 0.222. The predicted octanol–water partition coefficient (Wildman–Crippen LogP) is 0.821. The highest BCUT2D eigenvalue weighted by molar-refractivity contribution is 5.87. The lowest BCUT2D eigenvalue weighted by atomic mass is 10.2. The summed E-state index contributed by atoms with van der Waals surface area (Å²) in [6.45, 7) is 5.70. The Kier molecular flexibility index (Phi) is 5.59. The first-order chi connectivity index (χ1) is 8.13. The van der Waals surface area contributed by atoms with Crippen molar-refractivity contribution in [2.75, 3.05) is 26.7 Å². The Morgan fingerprint density at radius 1 is 1.53 bits per heavy atom. The van der Waals surface area contributed by atoms with Gasteiger partial charge in [-0.2, -0.15) is 0 Å². The van der Waals surface area contributed by atoms with Crippen LogP contribution in [0.5, 0.6) is 0 Å². The van der Waals surface area contributed by atoms with Crippen molar-refractivity contribution in [1.82, 2.24) is 15.2 Å². The zero-order valence-electron chi connectivity index (χ0n) is 10.3. The Hall–Kier alpha value is -1.46. The van der Waals surface area contributed by atoms with Crippen molar-refractivity contribution in [2.24, 2.45) is 0 Å². The number of aromatic carboxylic acids is 1. The second-order valence-corrected chi connectivity index (χ2v) is 3.92. The van der Waals surface area contributed by atoms with Gasteiger partial charge < -0.3 is 15.3 Å². The molecule has 0 amide bonds. The molecule has 0 radical (unpaired) electrons. The number of carboxylic acids is 1. The molecule has 0 aliphatic rings. The van der Waals surface area contributed by atoms with Crippen molar-refractivity contribution < 1.29 is 9.90 Å². The van der Waals surface area contributed by atoms with Gasteiger partial charge in [0.25, 0.3) is 0 Å². The number of rotatable bonds is 7. The molecule has 0 aliphatic heterocycles. The van der Waals surface area contributed by atoms with E-state index in [9.17, 15) is 4.79 Å². The SMILES string of the molecule is CCN(C)CCNCc1ccc(C(=O)O)cn1. The first-order valence-corrected chi connectivity index (χ1v) is 5.71. The number of carboxylic acid groups (broad SMARTS) is 1. The average molecular weight is 237 g/mol. The van der Waals surface area contributed by atoms with Gasteiger partial charge in [-0.25, -0.2) is 4.79 Å². The van der Waals surface area contributed by atoms with Crippen LogP contribution >= 0.6 is 0 Å². The van der Waals surface area contributed by atoms with Crippen LogP contribution in [0.2, 0.25) is 0 Å². The zero-order chi connectivity index (χ0) is 12.7. The molecule has 0 saturated heterocycles. The van der Waals surface area contributed by atoms with E-state index in [1.807, 2.05) is 0 Å². The van der Waals surface area contributed by atoms with E-state index in [0.29, 0.717) is 6.54 Å². The minimum atomic E-state index is -0.943. The highest BCUT2D eigenvalue weighted by atomic mass is 16.4. The summed E-state index contributed by atoms with van der Waals surface area (Å²) in [4.78, 5) is 16.9. The van der Waals surface area contributed by atoms with Gasteiger partial charge in [0.1, 0.15) is 0 Å². The third kappa shape index (κ3) is 4.93. The fraction of sp³-hybridized carbons (Fsp3) is 0.500. The first-order valence-electron chi connectivity index (χ1n) is 5.71. The quantitative estimate of drug-likeness (QED) is 0.687. The van der Waals surface area contributed by atoms with Crippen molar-refractivity contribution in [2.45, 2.75) is 13.5 Å². The average Bonchev–Trinajstić information content (AvgIpc) is 2.34. The van der Waals surface area contributed by atoms with Crippen LogP contribution in [0.25, 0.3) is 0 Å². The summed E-state index contributed by atoms with van der Waals surface area (Å²) in [5.74, 6) is -0.943. The summed E-state index contributed by atoms with van der Waals surface area (Å²) in [5.41, 5.74) is 1.08. The molecule has 0 unspecified atom stereocenters. The summed E-state index contributed by atoms with van der Waals surface area (Å²) >= 11 is 0. The van der Waals surface area contributed by atoms with Crippen LogP contribution in [0.4, 0.5) is 0 Å². The van der Waals surface area contributed by atoms with Crippen LogP contribution in [0, 0.1) is 0 Å². The molecule has 0 aromatic carbocycles. The van der Waals surface area contributed by atoms with E-state index < -0.39 is 5.97 Å². The maximum absolute atomic E-state index is 10.6. The molecule has 0 spiro atoms. The number of hydrogen-bond donors (Lipinski definition) is 2. The van der Waals surface area contributed by atoms with Gasteiger partial charge in [0, 0.05) is 25.8 Å². The number of nitrogens with one attached hydrogen (secondary N) is 1. The number of pyridine rings is 1. The standard InChI is InChI=1S/C12H19N3O2/c1-3-15(2)7-6-13-9-11-5-4-10(8-14-11)12(16)17/h4-5,8,13H,3,6-7,9H2,1-2H3,(H,16,17). The monoisotopic (exact) mass is 237 g/mol. The number of aromatic nitrogens is 1. The highest BCUT2D eigenvalue weighted by Gasteiger charge is 2.02.